The van der Waals surface area contributed by atoms with Crippen LogP contribution in [0.3, 0.4) is 0 Å². The van der Waals surface area contributed by atoms with E-state index in [1.54, 1.807) is 17.4 Å². The molecule has 0 radical (unpaired) electrons. The first-order chi connectivity index (χ1) is 8.11. The number of benzene rings is 1. The zero-order chi connectivity index (χ0) is 12.4. The van der Waals surface area contributed by atoms with E-state index in [2.05, 4.69) is 21.4 Å². The number of nitrogens with two attached hydrogens (primary N) is 1. The summed E-state index contributed by atoms with van der Waals surface area (Å²) in [6.45, 7) is 0. The maximum atomic E-state index is 5.99. The largest absolute Gasteiger partial charge is 0.271 e. The van der Waals surface area contributed by atoms with Crippen molar-refractivity contribution < 1.29 is 0 Å². The second kappa shape index (κ2) is 5.69. The van der Waals surface area contributed by atoms with Crippen LogP contribution in [-0.2, 0) is 0 Å². The summed E-state index contributed by atoms with van der Waals surface area (Å²) in [5.41, 5.74) is 3.72. The molecule has 0 aliphatic carbocycles. The lowest BCUT2D eigenvalue weighted by molar-refractivity contribution is 0.645. The van der Waals surface area contributed by atoms with E-state index in [0.717, 1.165) is 14.9 Å². The van der Waals surface area contributed by atoms with Crippen molar-refractivity contribution in [3.63, 3.8) is 0 Å². The zero-order valence-electron chi connectivity index (χ0n) is 8.58. The predicted octanol–water partition coefficient (Wildman–Crippen LogP) is 4.37. The van der Waals surface area contributed by atoms with E-state index in [-0.39, 0.29) is 6.04 Å². The molecule has 2 aromatic rings. The number of hydrazine groups is 1. The average molecular weight is 352 g/mol. The van der Waals surface area contributed by atoms with Crippen LogP contribution in [0.4, 0.5) is 0 Å². The minimum Gasteiger partial charge on any atom is -0.271 e. The Morgan fingerprint density at radius 2 is 1.88 bits per heavy atom. The maximum absolute atomic E-state index is 5.99. The molecule has 2 rings (SSSR count). The molecule has 0 saturated heterocycles. The molecule has 1 heterocycles. The van der Waals surface area contributed by atoms with Crippen molar-refractivity contribution in [3.05, 3.63) is 54.6 Å². The molecular formula is C11H9BrCl2N2S. The van der Waals surface area contributed by atoms with Gasteiger partial charge in [-0.2, -0.15) is 0 Å². The Kier molecular flexibility index (Phi) is 4.47. The molecule has 0 fully saturated rings. The Morgan fingerprint density at radius 3 is 2.35 bits per heavy atom. The fourth-order valence-corrected chi connectivity index (χ4v) is 3.81. The molecule has 0 bridgehead atoms. The predicted molar refractivity (Wildman–Crippen MR) is 77.6 cm³/mol. The molecule has 90 valence electrons. The van der Waals surface area contributed by atoms with Gasteiger partial charge in [0.1, 0.15) is 0 Å². The van der Waals surface area contributed by atoms with Crippen molar-refractivity contribution in [1.29, 1.82) is 0 Å². The van der Waals surface area contributed by atoms with E-state index in [1.807, 2.05) is 23.6 Å². The van der Waals surface area contributed by atoms with Gasteiger partial charge in [-0.05, 0) is 51.1 Å². The molecule has 1 atom stereocenters. The molecule has 0 spiro atoms. The van der Waals surface area contributed by atoms with Gasteiger partial charge in [0.15, 0.2) is 0 Å². The second-order valence-corrected chi connectivity index (χ2v) is 6.11. The van der Waals surface area contributed by atoms with Crippen LogP contribution in [0.15, 0.2) is 34.1 Å². The molecule has 2 nitrogen and oxygen atoms in total. The fourth-order valence-electron chi connectivity index (χ4n) is 1.58. The highest BCUT2D eigenvalue weighted by molar-refractivity contribution is 9.10. The van der Waals surface area contributed by atoms with E-state index in [1.165, 1.54) is 0 Å². The summed E-state index contributed by atoms with van der Waals surface area (Å²) < 4.78 is 1.02. The normalized spacial score (nSPS) is 12.7. The van der Waals surface area contributed by atoms with Crippen LogP contribution in [0, 0.1) is 0 Å². The first-order valence-electron chi connectivity index (χ1n) is 4.77. The number of rotatable bonds is 3. The van der Waals surface area contributed by atoms with Gasteiger partial charge in [0.25, 0.3) is 0 Å². The summed E-state index contributed by atoms with van der Waals surface area (Å²) >= 11 is 17.1. The number of nitrogens with one attached hydrogen (secondary N) is 1. The first kappa shape index (κ1) is 13.3. The SMILES string of the molecule is NNC(c1cc(Cl)cc(Cl)c1)c1sccc1Br. The van der Waals surface area contributed by atoms with Crippen LogP contribution < -0.4 is 11.3 Å². The van der Waals surface area contributed by atoms with Crippen molar-refractivity contribution >= 4 is 50.5 Å². The molecule has 0 aliphatic heterocycles. The highest BCUT2D eigenvalue weighted by atomic mass is 79.9. The minimum absolute atomic E-state index is 0.124. The summed E-state index contributed by atoms with van der Waals surface area (Å²) in [4.78, 5) is 1.09. The van der Waals surface area contributed by atoms with Crippen LogP contribution in [0.5, 0.6) is 0 Å². The van der Waals surface area contributed by atoms with Gasteiger partial charge in [0.2, 0.25) is 0 Å². The first-order valence-corrected chi connectivity index (χ1v) is 7.19. The molecule has 1 aromatic heterocycles. The quantitative estimate of drug-likeness (QED) is 0.636. The van der Waals surface area contributed by atoms with Crippen LogP contribution in [0.1, 0.15) is 16.5 Å². The molecule has 0 amide bonds. The van der Waals surface area contributed by atoms with Crippen LogP contribution in [0.25, 0.3) is 0 Å². The molecule has 6 heteroatoms. The van der Waals surface area contributed by atoms with E-state index in [0.29, 0.717) is 10.0 Å². The topological polar surface area (TPSA) is 38.0 Å². The number of halogens is 3. The van der Waals surface area contributed by atoms with Gasteiger partial charge in [0, 0.05) is 19.4 Å². The Bertz CT molecular complexity index is 510. The van der Waals surface area contributed by atoms with Crippen molar-refractivity contribution in [2.45, 2.75) is 6.04 Å². The standard InChI is InChI=1S/C11H9BrCl2N2S/c12-9-1-2-17-11(9)10(16-15)6-3-7(13)5-8(14)4-6/h1-5,10,16H,15H2. The molecule has 0 saturated carbocycles. The second-order valence-electron chi connectivity index (χ2n) is 3.44. The lowest BCUT2D eigenvalue weighted by atomic mass is 10.1. The molecule has 0 aliphatic rings. The lowest BCUT2D eigenvalue weighted by Gasteiger charge is -2.16. The smallest absolute Gasteiger partial charge is 0.0814 e. The Morgan fingerprint density at radius 1 is 1.24 bits per heavy atom. The van der Waals surface area contributed by atoms with Gasteiger partial charge < -0.3 is 0 Å². The van der Waals surface area contributed by atoms with Gasteiger partial charge in [-0.1, -0.05) is 23.2 Å². The summed E-state index contributed by atoms with van der Waals surface area (Å²) in [5.74, 6) is 5.61. The summed E-state index contributed by atoms with van der Waals surface area (Å²) in [6.07, 6.45) is 0. The van der Waals surface area contributed by atoms with Crippen molar-refractivity contribution in [2.24, 2.45) is 5.84 Å². The summed E-state index contributed by atoms with van der Waals surface area (Å²) in [5, 5.41) is 3.19. The molecular weight excluding hydrogens is 343 g/mol. The van der Waals surface area contributed by atoms with Crippen LogP contribution in [-0.4, -0.2) is 0 Å². The zero-order valence-corrected chi connectivity index (χ0v) is 12.5. The minimum atomic E-state index is -0.124. The summed E-state index contributed by atoms with van der Waals surface area (Å²) in [6, 6.07) is 7.26. The van der Waals surface area contributed by atoms with Gasteiger partial charge in [-0.15, -0.1) is 11.3 Å². The molecule has 3 N–H and O–H groups in total. The lowest BCUT2D eigenvalue weighted by Crippen LogP contribution is -2.28. The monoisotopic (exact) mass is 350 g/mol. The Hall–Kier alpha value is -0.100. The fraction of sp³-hybridized carbons (Fsp3) is 0.0909. The molecule has 17 heavy (non-hydrogen) atoms. The third kappa shape index (κ3) is 3.02. The van der Waals surface area contributed by atoms with Gasteiger partial charge in [-0.25, -0.2) is 5.43 Å². The molecule has 1 unspecified atom stereocenters. The third-order valence-electron chi connectivity index (χ3n) is 2.29. The van der Waals surface area contributed by atoms with Crippen molar-refractivity contribution in [3.8, 4) is 0 Å². The van der Waals surface area contributed by atoms with Crippen molar-refractivity contribution in [2.75, 3.05) is 0 Å². The van der Waals surface area contributed by atoms with E-state index >= 15 is 0 Å². The van der Waals surface area contributed by atoms with Crippen LogP contribution >= 0.6 is 50.5 Å². The number of hydrogen-bond donors (Lipinski definition) is 2. The third-order valence-corrected chi connectivity index (χ3v) is 4.66. The average Bonchev–Trinajstić information content (AvgIpc) is 2.65. The van der Waals surface area contributed by atoms with E-state index < -0.39 is 0 Å². The Labute approximate surface area is 122 Å². The summed E-state index contributed by atoms with van der Waals surface area (Å²) in [7, 11) is 0. The Balaban J connectivity index is 2.45. The highest BCUT2D eigenvalue weighted by Crippen LogP contribution is 2.34. The number of thiophene rings is 1. The number of hydrogen-bond acceptors (Lipinski definition) is 3. The highest BCUT2D eigenvalue weighted by Gasteiger charge is 2.17. The van der Waals surface area contributed by atoms with Gasteiger partial charge in [-0.3, -0.25) is 5.84 Å². The van der Waals surface area contributed by atoms with Crippen LogP contribution in [0.2, 0.25) is 10.0 Å². The van der Waals surface area contributed by atoms with E-state index in [9.17, 15) is 0 Å². The maximum Gasteiger partial charge on any atom is 0.0814 e. The van der Waals surface area contributed by atoms with Crippen molar-refractivity contribution in [1.82, 2.24) is 5.43 Å². The molecule has 1 aromatic carbocycles. The van der Waals surface area contributed by atoms with Gasteiger partial charge in [0.05, 0.1) is 6.04 Å². The van der Waals surface area contributed by atoms with E-state index in [4.69, 9.17) is 29.0 Å². The van der Waals surface area contributed by atoms with Gasteiger partial charge >= 0.3 is 0 Å².